The van der Waals surface area contributed by atoms with Gasteiger partial charge in [0.15, 0.2) is 0 Å². The van der Waals surface area contributed by atoms with Gasteiger partial charge in [-0.2, -0.15) is 0 Å². The highest BCUT2D eigenvalue weighted by atomic mass is 16.1. The second-order valence-electron chi connectivity index (χ2n) is 5.70. The van der Waals surface area contributed by atoms with Crippen LogP contribution in [0.4, 0.5) is 11.4 Å². The molecule has 1 heterocycles. The Morgan fingerprint density at radius 3 is 2.90 bits per heavy atom. The first-order chi connectivity index (χ1) is 10.1. The largest absolute Gasteiger partial charge is 0.384 e. The Kier molecular flexibility index (Phi) is 3.65. The minimum atomic E-state index is 0.0367. The van der Waals surface area contributed by atoms with Crippen molar-refractivity contribution < 1.29 is 4.79 Å². The molecule has 0 atom stereocenters. The van der Waals surface area contributed by atoms with Crippen LogP contribution in [0.15, 0.2) is 36.4 Å². The second-order valence-corrected chi connectivity index (χ2v) is 5.70. The summed E-state index contributed by atoms with van der Waals surface area (Å²) in [5.74, 6) is 0.0367. The van der Waals surface area contributed by atoms with E-state index >= 15 is 0 Å². The van der Waals surface area contributed by atoms with Gasteiger partial charge < -0.3 is 10.6 Å². The van der Waals surface area contributed by atoms with Crippen LogP contribution in [-0.2, 0) is 17.6 Å². The van der Waals surface area contributed by atoms with Gasteiger partial charge in [0.25, 0.3) is 0 Å². The van der Waals surface area contributed by atoms with Gasteiger partial charge in [0.2, 0.25) is 5.91 Å². The number of hydrogen-bond donors (Lipinski definition) is 2. The topological polar surface area (TPSA) is 41.1 Å². The molecule has 1 aliphatic heterocycles. The van der Waals surface area contributed by atoms with E-state index in [1.54, 1.807) is 0 Å². The number of carbonyl (C=O) groups excluding carboxylic acids is 1. The van der Waals surface area contributed by atoms with Crippen molar-refractivity contribution in [2.24, 2.45) is 0 Å². The number of hydrogen-bond acceptors (Lipinski definition) is 2. The van der Waals surface area contributed by atoms with E-state index < -0.39 is 0 Å². The van der Waals surface area contributed by atoms with Crippen molar-refractivity contribution in [3.8, 4) is 0 Å². The first-order valence-electron chi connectivity index (χ1n) is 7.34. The Bertz CT molecular complexity index is 692. The lowest BCUT2D eigenvalue weighted by Crippen LogP contribution is -2.15. The molecular weight excluding hydrogens is 260 g/mol. The molecule has 2 aromatic carbocycles. The number of aryl methyl sites for hydroxylation is 2. The third-order valence-corrected chi connectivity index (χ3v) is 3.95. The molecule has 3 heteroatoms. The van der Waals surface area contributed by atoms with Crippen molar-refractivity contribution in [3.05, 3.63) is 58.7 Å². The van der Waals surface area contributed by atoms with Gasteiger partial charge in [0.1, 0.15) is 0 Å². The predicted molar refractivity (Wildman–Crippen MR) is 86.9 cm³/mol. The SMILES string of the molecule is Cc1ccc(C)c(CC(=O)Nc2ccc3c(c2)CCN3)c1. The highest BCUT2D eigenvalue weighted by Crippen LogP contribution is 2.25. The summed E-state index contributed by atoms with van der Waals surface area (Å²) in [5.41, 5.74) is 6.78. The van der Waals surface area contributed by atoms with E-state index in [1.807, 2.05) is 26.0 Å². The van der Waals surface area contributed by atoms with Crippen LogP contribution in [0.1, 0.15) is 22.3 Å². The zero-order valence-corrected chi connectivity index (χ0v) is 12.5. The van der Waals surface area contributed by atoms with E-state index in [0.717, 1.165) is 29.8 Å². The van der Waals surface area contributed by atoms with Crippen LogP contribution in [0.3, 0.4) is 0 Å². The molecule has 0 saturated carbocycles. The molecule has 0 aromatic heterocycles. The van der Waals surface area contributed by atoms with Gasteiger partial charge in [-0.1, -0.05) is 23.8 Å². The van der Waals surface area contributed by atoms with Crippen molar-refractivity contribution in [2.75, 3.05) is 17.2 Å². The molecule has 0 unspecified atom stereocenters. The summed E-state index contributed by atoms with van der Waals surface area (Å²) < 4.78 is 0. The molecule has 0 bridgehead atoms. The summed E-state index contributed by atoms with van der Waals surface area (Å²) >= 11 is 0. The fourth-order valence-electron chi connectivity index (χ4n) is 2.75. The lowest BCUT2D eigenvalue weighted by molar-refractivity contribution is -0.115. The Balaban J connectivity index is 1.70. The minimum absolute atomic E-state index is 0.0367. The smallest absolute Gasteiger partial charge is 0.228 e. The van der Waals surface area contributed by atoms with E-state index in [2.05, 4.69) is 34.9 Å². The molecule has 1 aliphatic rings. The van der Waals surface area contributed by atoms with Gasteiger partial charge in [-0.25, -0.2) is 0 Å². The number of carbonyl (C=O) groups is 1. The molecule has 0 saturated heterocycles. The maximum atomic E-state index is 12.2. The summed E-state index contributed by atoms with van der Waals surface area (Å²) in [6.07, 6.45) is 1.44. The average molecular weight is 280 g/mol. The Hall–Kier alpha value is -2.29. The third-order valence-electron chi connectivity index (χ3n) is 3.95. The van der Waals surface area contributed by atoms with Crippen molar-refractivity contribution in [2.45, 2.75) is 26.7 Å². The molecule has 21 heavy (non-hydrogen) atoms. The maximum absolute atomic E-state index is 12.2. The van der Waals surface area contributed by atoms with E-state index in [1.165, 1.54) is 16.8 Å². The Morgan fingerprint density at radius 1 is 1.19 bits per heavy atom. The van der Waals surface area contributed by atoms with E-state index in [-0.39, 0.29) is 5.91 Å². The van der Waals surface area contributed by atoms with Crippen LogP contribution in [0.2, 0.25) is 0 Å². The fourth-order valence-corrected chi connectivity index (χ4v) is 2.75. The van der Waals surface area contributed by atoms with Gasteiger partial charge in [-0.3, -0.25) is 4.79 Å². The molecule has 1 amide bonds. The van der Waals surface area contributed by atoms with E-state index in [4.69, 9.17) is 0 Å². The van der Waals surface area contributed by atoms with Gasteiger partial charge in [0.05, 0.1) is 6.42 Å². The monoisotopic (exact) mass is 280 g/mol. The second kappa shape index (κ2) is 5.60. The molecule has 3 rings (SSSR count). The summed E-state index contributed by atoms with van der Waals surface area (Å²) in [6.45, 7) is 5.08. The summed E-state index contributed by atoms with van der Waals surface area (Å²) in [4.78, 5) is 12.2. The number of amides is 1. The fraction of sp³-hybridized carbons (Fsp3) is 0.278. The molecule has 2 aromatic rings. The number of fused-ring (bicyclic) bond motifs is 1. The summed E-state index contributed by atoms with van der Waals surface area (Å²) in [7, 11) is 0. The van der Waals surface area contributed by atoms with Gasteiger partial charge in [0, 0.05) is 17.9 Å². The molecule has 0 fully saturated rings. The standard InChI is InChI=1S/C18H20N2O/c1-12-3-4-13(2)15(9-12)11-18(21)20-16-5-6-17-14(10-16)7-8-19-17/h3-6,9-10,19H,7-8,11H2,1-2H3,(H,20,21). The number of anilines is 2. The van der Waals surface area contributed by atoms with E-state index in [9.17, 15) is 4.79 Å². The van der Waals surface area contributed by atoms with Crippen molar-refractivity contribution in [1.82, 2.24) is 0 Å². The van der Waals surface area contributed by atoms with E-state index in [0.29, 0.717) is 6.42 Å². The van der Waals surface area contributed by atoms with Gasteiger partial charge in [-0.15, -0.1) is 0 Å². The predicted octanol–water partition coefficient (Wildman–Crippen LogP) is 3.45. The van der Waals surface area contributed by atoms with Crippen LogP contribution < -0.4 is 10.6 Å². The molecule has 0 radical (unpaired) electrons. The van der Waals surface area contributed by atoms with Crippen molar-refractivity contribution >= 4 is 17.3 Å². The molecule has 3 nitrogen and oxygen atoms in total. The third kappa shape index (κ3) is 3.07. The van der Waals surface area contributed by atoms with Crippen LogP contribution in [0.25, 0.3) is 0 Å². The van der Waals surface area contributed by atoms with Crippen LogP contribution in [0, 0.1) is 13.8 Å². The van der Waals surface area contributed by atoms with Crippen LogP contribution in [-0.4, -0.2) is 12.5 Å². The maximum Gasteiger partial charge on any atom is 0.228 e. The lowest BCUT2D eigenvalue weighted by Gasteiger charge is -2.09. The zero-order valence-electron chi connectivity index (χ0n) is 12.5. The lowest BCUT2D eigenvalue weighted by atomic mass is 10.0. The van der Waals surface area contributed by atoms with Gasteiger partial charge in [-0.05, 0) is 55.2 Å². The molecule has 2 N–H and O–H groups in total. The molecular formula is C18H20N2O. The summed E-state index contributed by atoms with van der Waals surface area (Å²) in [5, 5.41) is 6.32. The number of benzene rings is 2. The highest BCUT2D eigenvalue weighted by Gasteiger charge is 2.12. The minimum Gasteiger partial charge on any atom is -0.384 e. The molecule has 0 aliphatic carbocycles. The molecule has 108 valence electrons. The van der Waals surface area contributed by atoms with Crippen LogP contribution >= 0.6 is 0 Å². The van der Waals surface area contributed by atoms with Crippen LogP contribution in [0.5, 0.6) is 0 Å². The quantitative estimate of drug-likeness (QED) is 0.904. The molecule has 0 spiro atoms. The van der Waals surface area contributed by atoms with Gasteiger partial charge >= 0.3 is 0 Å². The van der Waals surface area contributed by atoms with Crippen molar-refractivity contribution in [3.63, 3.8) is 0 Å². The zero-order chi connectivity index (χ0) is 14.8. The van der Waals surface area contributed by atoms with Crippen molar-refractivity contribution in [1.29, 1.82) is 0 Å². The average Bonchev–Trinajstić information content (AvgIpc) is 2.90. The normalized spacial score (nSPS) is 12.7. The Labute approximate surface area is 125 Å². The highest BCUT2D eigenvalue weighted by molar-refractivity contribution is 5.92. The summed E-state index contributed by atoms with van der Waals surface area (Å²) in [6, 6.07) is 12.3. The number of nitrogens with one attached hydrogen (secondary N) is 2. The first-order valence-corrected chi connectivity index (χ1v) is 7.34. The number of rotatable bonds is 3. The first kappa shape index (κ1) is 13.7. The Morgan fingerprint density at radius 2 is 2.05 bits per heavy atom.